The second kappa shape index (κ2) is 4.13. The zero-order valence-corrected chi connectivity index (χ0v) is 4.68. The normalized spacial score (nSPS) is 7.50. The van der Waals surface area contributed by atoms with Crippen molar-refractivity contribution in [3.05, 3.63) is 11.6 Å². The smallest absolute Gasteiger partial charge is 0.243 e. The van der Waals surface area contributed by atoms with Gasteiger partial charge in [-0.3, -0.25) is 0 Å². The molecule has 0 amide bonds. The van der Waals surface area contributed by atoms with Gasteiger partial charge in [0, 0.05) is 0 Å². The Hall–Kier alpha value is -1.04. The highest BCUT2D eigenvalue weighted by atomic mass is 16.7. The van der Waals surface area contributed by atoms with Gasteiger partial charge in [0.05, 0.1) is 6.42 Å². The van der Waals surface area contributed by atoms with Crippen LogP contribution in [0.2, 0.25) is 0 Å². The first-order valence-corrected chi connectivity index (χ1v) is 2.38. The summed E-state index contributed by atoms with van der Waals surface area (Å²) in [6.07, 6.45) is 1.07. The summed E-state index contributed by atoms with van der Waals surface area (Å²) in [6, 6.07) is 0. The average molecular weight is 113 g/mol. The Bertz CT molecular complexity index is 114. The van der Waals surface area contributed by atoms with Crippen LogP contribution in [0.1, 0.15) is 19.8 Å². The third kappa shape index (κ3) is 3.16. The zero-order chi connectivity index (χ0) is 6.41. The van der Waals surface area contributed by atoms with E-state index in [4.69, 9.17) is 6.57 Å². The van der Waals surface area contributed by atoms with Gasteiger partial charge in [-0.2, -0.15) is 6.57 Å². The molecule has 0 bridgehead atoms. The van der Waals surface area contributed by atoms with Crippen LogP contribution in [0.25, 0.3) is 5.01 Å². The topological polar surface area (TPSA) is 30.7 Å². The number of hydrogen-bond donors (Lipinski definition) is 0. The summed E-state index contributed by atoms with van der Waals surface area (Å²) >= 11 is 0. The van der Waals surface area contributed by atoms with E-state index in [0.717, 1.165) is 6.42 Å². The van der Waals surface area contributed by atoms with Crippen molar-refractivity contribution in [1.82, 2.24) is 0 Å². The number of carbonyl (C=O) groups is 1. The van der Waals surface area contributed by atoms with E-state index in [1.54, 1.807) is 0 Å². The Kier molecular flexibility index (Phi) is 3.59. The Morgan fingerprint density at radius 2 is 2.50 bits per heavy atom. The standard InChI is InChI=1S/C5H7NO2/c1-3-4-5(7)8-6-2/h3-4H2,1H3. The summed E-state index contributed by atoms with van der Waals surface area (Å²) in [7, 11) is 0. The quantitative estimate of drug-likeness (QED) is 0.397. The SMILES string of the molecule is [C-]#[N+]OC(=O)CCC. The van der Waals surface area contributed by atoms with Crippen molar-refractivity contribution in [3.63, 3.8) is 0 Å². The lowest BCUT2D eigenvalue weighted by atomic mass is 10.3. The molecular weight excluding hydrogens is 106 g/mol. The molecule has 3 heteroatoms. The van der Waals surface area contributed by atoms with Crippen LogP contribution in [0.3, 0.4) is 0 Å². The van der Waals surface area contributed by atoms with E-state index in [2.05, 4.69) is 9.85 Å². The zero-order valence-electron chi connectivity index (χ0n) is 4.68. The molecule has 0 fully saturated rings. The number of nitrogens with zero attached hydrogens (tertiary/aromatic N) is 1. The number of carbonyl (C=O) groups excluding carboxylic acids is 1. The molecule has 0 aliphatic carbocycles. The predicted octanol–water partition coefficient (Wildman–Crippen LogP) is 1.16. The van der Waals surface area contributed by atoms with Crippen molar-refractivity contribution in [2.75, 3.05) is 0 Å². The molecule has 0 unspecified atom stereocenters. The summed E-state index contributed by atoms with van der Waals surface area (Å²) in [4.78, 5) is 14.1. The number of hydrogen-bond acceptors (Lipinski definition) is 2. The van der Waals surface area contributed by atoms with Crippen LogP contribution in [0.15, 0.2) is 0 Å². The molecular formula is C5H7NO2. The lowest BCUT2D eigenvalue weighted by Gasteiger charge is -1.82. The van der Waals surface area contributed by atoms with Crippen molar-refractivity contribution in [2.24, 2.45) is 0 Å². The summed E-state index contributed by atoms with van der Waals surface area (Å²) in [5.74, 6) is -0.442. The average Bonchev–Trinajstić information content (AvgIpc) is 1.68. The fourth-order valence-corrected chi connectivity index (χ4v) is 0.301. The molecule has 0 atom stereocenters. The molecule has 3 nitrogen and oxygen atoms in total. The van der Waals surface area contributed by atoms with E-state index < -0.39 is 5.97 Å². The highest BCUT2D eigenvalue weighted by molar-refractivity contribution is 5.69. The van der Waals surface area contributed by atoms with Crippen molar-refractivity contribution >= 4 is 5.97 Å². The van der Waals surface area contributed by atoms with Gasteiger partial charge in [-0.1, -0.05) is 6.92 Å². The van der Waals surface area contributed by atoms with Gasteiger partial charge in [0.15, 0.2) is 0 Å². The highest BCUT2D eigenvalue weighted by Gasteiger charge is 2.01. The largest absolute Gasteiger partial charge is 0.395 e. The first-order chi connectivity index (χ1) is 3.81. The second-order valence-corrected chi connectivity index (χ2v) is 1.30. The van der Waals surface area contributed by atoms with Gasteiger partial charge >= 0.3 is 5.97 Å². The minimum atomic E-state index is -0.442. The van der Waals surface area contributed by atoms with Crippen LogP contribution < -0.4 is 0 Å². The van der Waals surface area contributed by atoms with E-state index in [9.17, 15) is 4.79 Å². The molecule has 0 aromatic rings. The summed E-state index contributed by atoms with van der Waals surface area (Å²) in [5.41, 5.74) is 0. The van der Waals surface area contributed by atoms with Gasteiger partial charge in [0.1, 0.15) is 0 Å². The maximum Gasteiger partial charge on any atom is 0.395 e. The molecule has 0 aromatic carbocycles. The molecule has 0 aliphatic heterocycles. The molecule has 0 rings (SSSR count). The molecule has 0 saturated heterocycles. The molecule has 0 N–H and O–H groups in total. The molecule has 0 radical (unpaired) electrons. The van der Waals surface area contributed by atoms with Crippen molar-refractivity contribution in [3.8, 4) is 0 Å². The minimum absolute atomic E-state index is 0.336. The maximum atomic E-state index is 10.2. The van der Waals surface area contributed by atoms with Crippen LogP contribution in [0.5, 0.6) is 0 Å². The Labute approximate surface area is 48.0 Å². The number of rotatable bonds is 2. The van der Waals surface area contributed by atoms with E-state index in [1.165, 1.54) is 0 Å². The molecule has 44 valence electrons. The first kappa shape index (κ1) is 6.96. The molecule has 0 spiro atoms. The summed E-state index contributed by atoms with van der Waals surface area (Å²) in [5, 5.41) is 2.45. The molecule has 0 aromatic heterocycles. The minimum Gasteiger partial charge on any atom is -0.243 e. The monoisotopic (exact) mass is 113 g/mol. The van der Waals surface area contributed by atoms with Gasteiger partial charge in [-0.05, 0) is 11.4 Å². The van der Waals surface area contributed by atoms with Crippen LogP contribution in [-0.2, 0) is 9.63 Å². The second-order valence-electron chi connectivity index (χ2n) is 1.30. The van der Waals surface area contributed by atoms with Crippen molar-refractivity contribution in [1.29, 1.82) is 0 Å². The summed E-state index contributed by atoms with van der Waals surface area (Å²) in [6.45, 7) is 7.95. The predicted molar refractivity (Wildman–Crippen MR) is 27.6 cm³/mol. The van der Waals surface area contributed by atoms with E-state index in [-0.39, 0.29) is 0 Å². The third-order valence-electron chi connectivity index (χ3n) is 0.602. The third-order valence-corrected chi connectivity index (χ3v) is 0.602. The molecule has 0 saturated carbocycles. The Morgan fingerprint density at radius 3 is 2.88 bits per heavy atom. The van der Waals surface area contributed by atoms with E-state index in [0.29, 0.717) is 6.42 Å². The van der Waals surface area contributed by atoms with Crippen LogP contribution in [0.4, 0.5) is 0 Å². The molecule has 8 heavy (non-hydrogen) atoms. The van der Waals surface area contributed by atoms with Gasteiger partial charge in [0.2, 0.25) is 0 Å². The van der Waals surface area contributed by atoms with Gasteiger partial charge in [-0.15, -0.1) is 4.84 Å². The fraction of sp³-hybridized carbons (Fsp3) is 0.600. The van der Waals surface area contributed by atoms with Crippen LogP contribution in [0, 0.1) is 6.57 Å². The Balaban J connectivity index is 3.23. The first-order valence-electron chi connectivity index (χ1n) is 2.38. The lowest BCUT2D eigenvalue weighted by Crippen LogP contribution is -1.95. The van der Waals surface area contributed by atoms with Crippen LogP contribution in [-0.4, -0.2) is 5.97 Å². The maximum absolute atomic E-state index is 10.2. The molecule has 0 aliphatic rings. The fourth-order valence-electron chi connectivity index (χ4n) is 0.301. The van der Waals surface area contributed by atoms with Crippen molar-refractivity contribution in [2.45, 2.75) is 19.8 Å². The van der Waals surface area contributed by atoms with Gasteiger partial charge < -0.3 is 0 Å². The van der Waals surface area contributed by atoms with E-state index in [1.807, 2.05) is 6.92 Å². The lowest BCUT2D eigenvalue weighted by molar-refractivity contribution is -0.138. The van der Waals surface area contributed by atoms with Gasteiger partial charge in [0.25, 0.3) is 0 Å². The van der Waals surface area contributed by atoms with Crippen LogP contribution >= 0.6 is 0 Å². The highest BCUT2D eigenvalue weighted by Crippen LogP contribution is 1.89. The van der Waals surface area contributed by atoms with Crippen molar-refractivity contribution < 1.29 is 9.63 Å². The van der Waals surface area contributed by atoms with E-state index >= 15 is 0 Å². The van der Waals surface area contributed by atoms with Gasteiger partial charge in [-0.25, -0.2) is 4.79 Å². The molecule has 0 heterocycles. The summed E-state index contributed by atoms with van der Waals surface area (Å²) < 4.78 is 0. The Morgan fingerprint density at radius 1 is 1.88 bits per heavy atom.